The molecule has 0 fully saturated rings. The molecule has 0 unspecified atom stereocenters. The van der Waals surface area contributed by atoms with E-state index in [1.165, 1.54) is 6.07 Å². The highest BCUT2D eigenvalue weighted by molar-refractivity contribution is 7.91. The molecule has 0 spiro atoms. The summed E-state index contributed by atoms with van der Waals surface area (Å²) in [6.07, 6.45) is 0.572. The first-order valence-electron chi connectivity index (χ1n) is 6.65. The molecular formula is C13H21NO5S2. The van der Waals surface area contributed by atoms with E-state index in [9.17, 15) is 13.2 Å². The molecule has 0 aliphatic heterocycles. The third-order valence-electron chi connectivity index (χ3n) is 2.56. The van der Waals surface area contributed by atoms with Crippen molar-refractivity contribution >= 4 is 27.3 Å². The zero-order valence-corrected chi connectivity index (χ0v) is 14.0. The van der Waals surface area contributed by atoms with Crippen molar-refractivity contribution in [3.8, 4) is 0 Å². The maximum Gasteiger partial charge on any atom is 0.346 e. The summed E-state index contributed by atoms with van der Waals surface area (Å²) in [7, 11) is -3.65. The van der Waals surface area contributed by atoms with Gasteiger partial charge in [-0.1, -0.05) is 13.8 Å². The molecule has 0 radical (unpaired) electrons. The Labute approximate surface area is 129 Å². The fraction of sp³-hybridized carbons (Fsp3) is 0.615. The lowest BCUT2D eigenvalue weighted by Gasteiger charge is -2.07. The molecule has 8 heteroatoms. The topological polar surface area (TPSA) is 92.7 Å². The van der Waals surface area contributed by atoms with Crippen LogP contribution in [-0.2, 0) is 14.8 Å². The van der Waals surface area contributed by atoms with Gasteiger partial charge in [0.05, 0.1) is 0 Å². The highest BCUT2D eigenvalue weighted by Gasteiger charge is 2.21. The van der Waals surface area contributed by atoms with Crippen LogP contribution in [-0.4, -0.2) is 39.3 Å². The zero-order chi connectivity index (χ0) is 16.0. The molecule has 120 valence electrons. The van der Waals surface area contributed by atoms with E-state index >= 15 is 0 Å². The monoisotopic (exact) mass is 335 g/mol. The van der Waals surface area contributed by atoms with E-state index in [-0.39, 0.29) is 15.6 Å². The van der Waals surface area contributed by atoms with E-state index in [1.54, 1.807) is 6.92 Å². The quantitative estimate of drug-likeness (QED) is 0.674. The number of aromatic carboxylic acids is 1. The van der Waals surface area contributed by atoms with E-state index < -0.39 is 16.0 Å². The van der Waals surface area contributed by atoms with Gasteiger partial charge < -0.3 is 9.84 Å². The Bertz CT molecular complexity index is 577. The first-order valence-corrected chi connectivity index (χ1v) is 8.95. The Morgan fingerprint density at radius 1 is 1.48 bits per heavy atom. The molecule has 1 aromatic rings. The van der Waals surface area contributed by atoms with Crippen LogP contribution in [0.2, 0.25) is 0 Å². The van der Waals surface area contributed by atoms with Crippen LogP contribution in [0.5, 0.6) is 0 Å². The molecule has 1 heterocycles. The molecule has 1 rings (SSSR count). The minimum absolute atomic E-state index is 0.0282. The van der Waals surface area contributed by atoms with Crippen LogP contribution in [0.3, 0.4) is 0 Å². The molecule has 21 heavy (non-hydrogen) atoms. The fourth-order valence-corrected chi connectivity index (χ4v) is 4.07. The number of sulfonamides is 1. The second-order valence-corrected chi connectivity index (χ2v) is 8.15. The van der Waals surface area contributed by atoms with Gasteiger partial charge in [-0.2, -0.15) is 0 Å². The van der Waals surface area contributed by atoms with Crippen LogP contribution >= 0.6 is 11.3 Å². The van der Waals surface area contributed by atoms with Gasteiger partial charge in [-0.25, -0.2) is 17.9 Å². The lowest BCUT2D eigenvalue weighted by Crippen LogP contribution is -2.25. The van der Waals surface area contributed by atoms with E-state index in [4.69, 9.17) is 9.84 Å². The van der Waals surface area contributed by atoms with Gasteiger partial charge in [0.25, 0.3) is 0 Å². The van der Waals surface area contributed by atoms with Gasteiger partial charge in [-0.15, -0.1) is 11.3 Å². The minimum atomic E-state index is -3.65. The standard InChI is InChI=1S/C13H21NO5S2/c1-9(2)8-19-6-4-5-14-21(17,18)11-7-10(3)12(20-11)13(15)16/h7,9,14H,4-6,8H2,1-3H3,(H,15,16). The minimum Gasteiger partial charge on any atom is -0.477 e. The molecule has 1 aromatic heterocycles. The second-order valence-electron chi connectivity index (χ2n) is 5.10. The Hall–Kier alpha value is -0.960. The highest BCUT2D eigenvalue weighted by atomic mass is 32.2. The Morgan fingerprint density at radius 2 is 2.14 bits per heavy atom. The van der Waals surface area contributed by atoms with E-state index in [0.29, 0.717) is 31.1 Å². The van der Waals surface area contributed by atoms with Crippen molar-refractivity contribution < 1.29 is 23.1 Å². The fourth-order valence-electron chi connectivity index (χ4n) is 1.57. The largest absolute Gasteiger partial charge is 0.477 e. The molecule has 0 saturated carbocycles. The van der Waals surface area contributed by atoms with Gasteiger partial charge in [0, 0.05) is 19.8 Å². The van der Waals surface area contributed by atoms with Gasteiger partial charge in [0.1, 0.15) is 9.09 Å². The number of carbonyl (C=O) groups is 1. The molecule has 0 aromatic carbocycles. The average molecular weight is 335 g/mol. The normalized spacial score (nSPS) is 12.0. The smallest absolute Gasteiger partial charge is 0.346 e. The van der Waals surface area contributed by atoms with E-state index in [1.807, 2.05) is 13.8 Å². The second kappa shape index (κ2) is 7.88. The van der Waals surface area contributed by atoms with Crippen molar-refractivity contribution in [3.63, 3.8) is 0 Å². The van der Waals surface area contributed by atoms with Crippen LogP contribution < -0.4 is 4.72 Å². The summed E-state index contributed by atoms with van der Waals surface area (Å²) in [5, 5.41) is 8.94. The summed E-state index contributed by atoms with van der Waals surface area (Å²) in [5.74, 6) is -0.661. The summed E-state index contributed by atoms with van der Waals surface area (Å²) < 4.78 is 31.9. The zero-order valence-electron chi connectivity index (χ0n) is 12.4. The average Bonchev–Trinajstić information content (AvgIpc) is 2.76. The number of hydrogen-bond donors (Lipinski definition) is 2. The van der Waals surface area contributed by atoms with Crippen LogP contribution in [0, 0.1) is 12.8 Å². The first-order chi connectivity index (χ1) is 9.74. The Kier molecular flexibility index (Phi) is 6.79. The SMILES string of the molecule is Cc1cc(S(=O)(=O)NCCCOCC(C)C)sc1C(=O)O. The number of thiophene rings is 1. The van der Waals surface area contributed by atoms with Crippen molar-refractivity contribution in [3.05, 3.63) is 16.5 Å². The molecule has 0 aliphatic rings. The third kappa shape index (κ3) is 5.74. The molecule has 0 amide bonds. The lowest BCUT2D eigenvalue weighted by molar-refractivity contribution is 0.0701. The predicted molar refractivity (Wildman–Crippen MR) is 81.5 cm³/mol. The number of hydrogen-bond acceptors (Lipinski definition) is 5. The van der Waals surface area contributed by atoms with Crippen molar-refractivity contribution in [1.82, 2.24) is 4.72 Å². The number of rotatable bonds is 9. The third-order valence-corrected chi connectivity index (χ3v) is 5.72. The van der Waals surface area contributed by atoms with Gasteiger partial charge >= 0.3 is 5.97 Å². The molecule has 0 aliphatic carbocycles. The van der Waals surface area contributed by atoms with Crippen LogP contribution in [0.15, 0.2) is 10.3 Å². The Balaban J connectivity index is 2.50. The summed E-state index contributed by atoms with van der Waals surface area (Å²) in [6.45, 7) is 7.08. The van der Waals surface area contributed by atoms with Crippen LogP contribution in [0.1, 0.15) is 35.5 Å². The molecular weight excluding hydrogens is 314 g/mol. The maximum absolute atomic E-state index is 12.0. The summed E-state index contributed by atoms with van der Waals surface area (Å²) >= 11 is 0.766. The first kappa shape index (κ1) is 18.1. The van der Waals surface area contributed by atoms with E-state index in [0.717, 1.165) is 11.3 Å². The van der Waals surface area contributed by atoms with Crippen molar-refractivity contribution in [2.24, 2.45) is 5.92 Å². The number of nitrogens with one attached hydrogen (secondary N) is 1. The molecule has 0 bridgehead atoms. The van der Waals surface area contributed by atoms with Crippen molar-refractivity contribution in [2.75, 3.05) is 19.8 Å². The van der Waals surface area contributed by atoms with Crippen molar-refractivity contribution in [2.45, 2.75) is 31.4 Å². The Morgan fingerprint density at radius 3 is 2.67 bits per heavy atom. The van der Waals surface area contributed by atoms with Gasteiger partial charge in [0.15, 0.2) is 0 Å². The summed E-state index contributed by atoms with van der Waals surface area (Å²) in [4.78, 5) is 11.0. The highest BCUT2D eigenvalue weighted by Crippen LogP contribution is 2.25. The molecule has 0 atom stereocenters. The summed E-state index contributed by atoms with van der Waals surface area (Å²) in [5.41, 5.74) is 0.452. The lowest BCUT2D eigenvalue weighted by atomic mass is 10.2. The summed E-state index contributed by atoms with van der Waals surface area (Å²) in [6, 6.07) is 1.38. The number of aryl methyl sites for hydroxylation is 1. The van der Waals surface area contributed by atoms with Gasteiger partial charge in [0.2, 0.25) is 10.0 Å². The van der Waals surface area contributed by atoms with Crippen LogP contribution in [0.4, 0.5) is 0 Å². The predicted octanol–water partition coefficient (Wildman–Crippen LogP) is 2.10. The van der Waals surface area contributed by atoms with E-state index in [2.05, 4.69) is 4.72 Å². The van der Waals surface area contributed by atoms with Gasteiger partial charge in [-0.05, 0) is 30.9 Å². The van der Waals surface area contributed by atoms with Gasteiger partial charge in [-0.3, -0.25) is 0 Å². The number of carboxylic acids is 1. The molecule has 6 nitrogen and oxygen atoms in total. The van der Waals surface area contributed by atoms with Crippen LogP contribution in [0.25, 0.3) is 0 Å². The molecule has 0 saturated heterocycles. The van der Waals surface area contributed by atoms with Crippen molar-refractivity contribution in [1.29, 1.82) is 0 Å². The number of carboxylic acid groups (broad SMARTS) is 1. The maximum atomic E-state index is 12.0. The number of ether oxygens (including phenoxy) is 1. The molecule has 2 N–H and O–H groups in total.